The lowest BCUT2D eigenvalue weighted by Crippen LogP contribution is -2.23. The number of nitrogens with one attached hydrogen (secondary N) is 2. The van der Waals surface area contributed by atoms with Crippen LogP contribution in [0.1, 0.15) is 22.3 Å². The third-order valence-corrected chi connectivity index (χ3v) is 3.33. The predicted octanol–water partition coefficient (Wildman–Crippen LogP) is 3.12. The summed E-state index contributed by atoms with van der Waals surface area (Å²) >= 11 is 5.79. The Hall–Kier alpha value is -2.84. The van der Waals surface area contributed by atoms with Gasteiger partial charge in [-0.3, -0.25) is 9.59 Å². The van der Waals surface area contributed by atoms with E-state index in [9.17, 15) is 9.59 Å². The molecular weight excluding hydrogens is 314 g/mol. The van der Waals surface area contributed by atoms with Crippen molar-refractivity contribution in [3.05, 3.63) is 64.7 Å². The van der Waals surface area contributed by atoms with Crippen LogP contribution in [0.5, 0.6) is 0 Å². The van der Waals surface area contributed by atoms with Gasteiger partial charge >= 0.3 is 0 Å². The van der Waals surface area contributed by atoms with Crippen molar-refractivity contribution in [3.63, 3.8) is 0 Å². The zero-order chi connectivity index (χ0) is 16.7. The minimum atomic E-state index is -0.385. The molecule has 116 valence electrons. The van der Waals surface area contributed by atoms with Gasteiger partial charge in [0.2, 0.25) is 5.91 Å². The fourth-order valence-corrected chi connectivity index (χ4v) is 2.07. The van der Waals surface area contributed by atoms with Crippen LogP contribution in [-0.4, -0.2) is 11.8 Å². The van der Waals surface area contributed by atoms with E-state index in [2.05, 4.69) is 10.6 Å². The first-order chi connectivity index (χ1) is 11.1. The van der Waals surface area contributed by atoms with E-state index in [0.717, 1.165) is 5.56 Å². The number of halogens is 1. The molecule has 2 N–H and O–H groups in total. The Bertz CT molecular complexity index is 751. The van der Waals surface area contributed by atoms with Crippen LogP contribution in [0.2, 0.25) is 5.02 Å². The van der Waals surface area contributed by atoms with Gasteiger partial charge in [-0.2, -0.15) is 5.26 Å². The van der Waals surface area contributed by atoms with Gasteiger partial charge in [0.15, 0.2) is 0 Å². The van der Waals surface area contributed by atoms with Crippen LogP contribution in [0, 0.1) is 11.3 Å². The Morgan fingerprint density at radius 1 is 1.09 bits per heavy atom. The van der Waals surface area contributed by atoms with Gasteiger partial charge in [-0.15, -0.1) is 0 Å². The SMILES string of the molecule is N#CCC(=O)Nc1ccccc1CNC(=O)c1ccc(Cl)cc1. The highest BCUT2D eigenvalue weighted by Gasteiger charge is 2.09. The summed E-state index contributed by atoms with van der Waals surface area (Å²) < 4.78 is 0. The lowest BCUT2D eigenvalue weighted by atomic mass is 10.1. The highest BCUT2D eigenvalue weighted by Crippen LogP contribution is 2.15. The van der Waals surface area contributed by atoms with Crippen molar-refractivity contribution in [2.24, 2.45) is 0 Å². The third-order valence-electron chi connectivity index (χ3n) is 3.08. The fraction of sp³-hybridized carbons (Fsp3) is 0.118. The van der Waals surface area contributed by atoms with Crippen LogP contribution in [0.25, 0.3) is 0 Å². The molecule has 0 fully saturated rings. The van der Waals surface area contributed by atoms with Gasteiger partial charge in [0.1, 0.15) is 6.42 Å². The van der Waals surface area contributed by atoms with Crippen molar-refractivity contribution in [3.8, 4) is 6.07 Å². The Kier molecular flexibility index (Phi) is 5.73. The lowest BCUT2D eigenvalue weighted by molar-refractivity contribution is -0.115. The maximum absolute atomic E-state index is 12.1. The molecule has 0 heterocycles. The van der Waals surface area contributed by atoms with Crippen molar-refractivity contribution in [1.82, 2.24) is 5.32 Å². The number of hydrogen-bond acceptors (Lipinski definition) is 3. The standard InChI is InChI=1S/C17H14ClN3O2/c18-14-7-5-12(6-8-14)17(23)20-11-13-3-1-2-4-15(13)21-16(22)9-10-19/h1-8H,9,11H2,(H,20,23)(H,21,22). The number of benzene rings is 2. The Morgan fingerprint density at radius 3 is 2.48 bits per heavy atom. The van der Waals surface area contributed by atoms with E-state index < -0.39 is 0 Å². The summed E-state index contributed by atoms with van der Waals surface area (Å²) in [7, 11) is 0. The summed E-state index contributed by atoms with van der Waals surface area (Å²) in [5, 5.41) is 14.5. The number of nitrogens with zero attached hydrogens (tertiary/aromatic N) is 1. The number of carbonyl (C=O) groups excluding carboxylic acids is 2. The molecule has 2 aromatic rings. The number of amides is 2. The first-order valence-electron chi connectivity index (χ1n) is 6.88. The van der Waals surface area contributed by atoms with Crippen LogP contribution in [-0.2, 0) is 11.3 Å². The second-order valence-electron chi connectivity index (χ2n) is 4.73. The average molecular weight is 328 g/mol. The van der Waals surface area contributed by atoms with Gasteiger partial charge in [0, 0.05) is 22.8 Å². The Labute approximate surface area is 138 Å². The van der Waals surface area contributed by atoms with Gasteiger partial charge in [-0.05, 0) is 35.9 Å². The molecule has 23 heavy (non-hydrogen) atoms. The molecule has 5 nitrogen and oxygen atoms in total. The number of hydrogen-bond donors (Lipinski definition) is 2. The maximum atomic E-state index is 12.1. The van der Waals surface area contributed by atoms with Crippen molar-refractivity contribution in [1.29, 1.82) is 5.26 Å². The molecule has 2 rings (SSSR count). The number of rotatable bonds is 5. The topological polar surface area (TPSA) is 82.0 Å². The van der Waals surface area contributed by atoms with Gasteiger partial charge in [-0.25, -0.2) is 0 Å². The van der Waals surface area contributed by atoms with Crippen LogP contribution < -0.4 is 10.6 Å². The molecule has 0 aliphatic heterocycles. The second kappa shape index (κ2) is 7.97. The molecule has 0 radical (unpaired) electrons. The maximum Gasteiger partial charge on any atom is 0.251 e. The highest BCUT2D eigenvalue weighted by atomic mass is 35.5. The molecule has 2 amide bonds. The van der Waals surface area contributed by atoms with Crippen LogP contribution >= 0.6 is 11.6 Å². The summed E-state index contributed by atoms with van der Waals surface area (Å²) in [6.45, 7) is 0.254. The zero-order valence-corrected chi connectivity index (χ0v) is 12.9. The van der Waals surface area contributed by atoms with Gasteiger partial charge in [0.25, 0.3) is 5.91 Å². The molecule has 0 aliphatic rings. The molecule has 0 unspecified atom stereocenters. The largest absolute Gasteiger partial charge is 0.348 e. The lowest BCUT2D eigenvalue weighted by Gasteiger charge is -2.11. The van der Waals surface area contributed by atoms with Crippen molar-refractivity contribution >= 4 is 29.1 Å². The summed E-state index contributed by atoms with van der Waals surface area (Å²) in [6.07, 6.45) is -0.217. The van der Waals surface area contributed by atoms with Gasteiger partial charge < -0.3 is 10.6 Å². The predicted molar refractivity (Wildman–Crippen MR) is 87.9 cm³/mol. The summed E-state index contributed by atoms with van der Waals surface area (Å²) in [5.41, 5.74) is 1.82. The van der Waals surface area contributed by atoms with Crippen molar-refractivity contribution in [2.75, 3.05) is 5.32 Å². The van der Waals surface area contributed by atoms with E-state index in [1.807, 2.05) is 6.07 Å². The van der Waals surface area contributed by atoms with E-state index in [0.29, 0.717) is 16.3 Å². The minimum Gasteiger partial charge on any atom is -0.348 e. The molecule has 0 saturated heterocycles. The molecular formula is C17H14ClN3O2. The second-order valence-corrected chi connectivity index (χ2v) is 5.17. The molecule has 6 heteroatoms. The molecule has 2 aromatic carbocycles. The smallest absolute Gasteiger partial charge is 0.251 e. The fourth-order valence-electron chi connectivity index (χ4n) is 1.94. The van der Waals surface area contributed by atoms with Crippen LogP contribution in [0.4, 0.5) is 5.69 Å². The van der Waals surface area contributed by atoms with E-state index in [1.54, 1.807) is 48.5 Å². The summed E-state index contributed by atoms with van der Waals surface area (Å²) in [5.74, 6) is -0.621. The normalized spacial score (nSPS) is 9.74. The third kappa shape index (κ3) is 4.83. The Balaban J connectivity index is 2.03. The van der Waals surface area contributed by atoms with E-state index in [4.69, 9.17) is 16.9 Å². The minimum absolute atomic E-state index is 0.217. The summed E-state index contributed by atoms with van der Waals surface area (Å²) in [6, 6.07) is 15.5. The van der Waals surface area contributed by atoms with Crippen LogP contribution in [0.3, 0.4) is 0 Å². The van der Waals surface area contributed by atoms with Crippen molar-refractivity contribution < 1.29 is 9.59 Å². The molecule has 0 bridgehead atoms. The van der Waals surface area contributed by atoms with Crippen molar-refractivity contribution in [2.45, 2.75) is 13.0 Å². The number of anilines is 1. The number of nitriles is 1. The molecule has 0 atom stereocenters. The van der Waals surface area contributed by atoms with E-state index in [-0.39, 0.29) is 24.8 Å². The van der Waals surface area contributed by atoms with E-state index >= 15 is 0 Å². The number of carbonyl (C=O) groups is 2. The number of para-hydroxylation sites is 1. The quantitative estimate of drug-likeness (QED) is 0.885. The molecule has 0 saturated carbocycles. The molecule has 0 spiro atoms. The highest BCUT2D eigenvalue weighted by molar-refractivity contribution is 6.30. The van der Waals surface area contributed by atoms with Gasteiger partial charge in [0.05, 0.1) is 6.07 Å². The van der Waals surface area contributed by atoms with Crippen LogP contribution in [0.15, 0.2) is 48.5 Å². The first kappa shape index (κ1) is 16.5. The average Bonchev–Trinajstić information content (AvgIpc) is 2.54. The first-order valence-corrected chi connectivity index (χ1v) is 7.26. The summed E-state index contributed by atoms with van der Waals surface area (Å²) in [4.78, 5) is 23.6. The van der Waals surface area contributed by atoms with Gasteiger partial charge in [-0.1, -0.05) is 29.8 Å². The zero-order valence-electron chi connectivity index (χ0n) is 12.2. The molecule has 0 aromatic heterocycles. The Morgan fingerprint density at radius 2 is 1.78 bits per heavy atom. The molecule has 0 aliphatic carbocycles. The van der Waals surface area contributed by atoms with E-state index in [1.165, 1.54) is 0 Å². The monoisotopic (exact) mass is 327 g/mol.